The summed E-state index contributed by atoms with van der Waals surface area (Å²) in [7, 11) is 0. The molecule has 0 aliphatic heterocycles. The van der Waals surface area contributed by atoms with Crippen LogP contribution in [0.3, 0.4) is 0 Å². The van der Waals surface area contributed by atoms with Crippen LogP contribution in [-0.2, 0) is 0 Å². The molecule has 176 valence electrons. The first-order chi connectivity index (χ1) is 14.1. The Morgan fingerprint density at radius 1 is 0.448 bits per heavy atom. The minimum atomic E-state index is 0.440. The van der Waals surface area contributed by atoms with E-state index in [4.69, 9.17) is 0 Å². The molecule has 0 aliphatic rings. The molecule has 0 N–H and O–H groups in total. The van der Waals surface area contributed by atoms with Gasteiger partial charge in [-0.25, -0.2) is 0 Å². The lowest BCUT2D eigenvalue weighted by Crippen LogP contribution is -2.46. The molecule has 0 fully saturated rings. The summed E-state index contributed by atoms with van der Waals surface area (Å²) in [4.78, 5) is 2.75. The predicted octanol–water partition coefficient (Wildman–Crippen LogP) is 9.93. The SMILES string of the molecule is CCCCCCCCCCCCCCCCCCC(C)(CCC)N(CC)CCC. The highest BCUT2D eigenvalue weighted by Crippen LogP contribution is 2.28. The summed E-state index contributed by atoms with van der Waals surface area (Å²) in [6.45, 7) is 14.3. The van der Waals surface area contributed by atoms with Gasteiger partial charge in [-0.15, -0.1) is 0 Å². The van der Waals surface area contributed by atoms with Crippen LogP contribution in [0.4, 0.5) is 0 Å². The molecule has 0 heterocycles. The third-order valence-electron chi connectivity index (χ3n) is 7.00. The van der Waals surface area contributed by atoms with Crippen LogP contribution in [0, 0.1) is 0 Å². The first-order valence-corrected chi connectivity index (χ1v) is 13.9. The van der Waals surface area contributed by atoms with Crippen LogP contribution in [0.15, 0.2) is 0 Å². The second-order valence-corrected chi connectivity index (χ2v) is 9.88. The molecular weight excluding hydrogens is 350 g/mol. The largest absolute Gasteiger partial charge is 0.298 e. The molecule has 0 aromatic rings. The highest BCUT2D eigenvalue weighted by Gasteiger charge is 2.28. The summed E-state index contributed by atoms with van der Waals surface area (Å²) < 4.78 is 0. The van der Waals surface area contributed by atoms with Crippen molar-refractivity contribution in [3.05, 3.63) is 0 Å². The predicted molar refractivity (Wildman–Crippen MR) is 135 cm³/mol. The molecule has 1 atom stereocenters. The Labute approximate surface area is 186 Å². The second-order valence-electron chi connectivity index (χ2n) is 9.88. The van der Waals surface area contributed by atoms with E-state index in [0.29, 0.717) is 5.54 Å². The van der Waals surface area contributed by atoms with Gasteiger partial charge in [0.25, 0.3) is 0 Å². The Morgan fingerprint density at radius 2 is 0.862 bits per heavy atom. The Hall–Kier alpha value is -0.0400. The minimum Gasteiger partial charge on any atom is -0.298 e. The van der Waals surface area contributed by atoms with E-state index in [1.54, 1.807) is 0 Å². The third-order valence-corrected chi connectivity index (χ3v) is 7.00. The van der Waals surface area contributed by atoms with E-state index in [1.807, 2.05) is 0 Å². The van der Waals surface area contributed by atoms with Crippen molar-refractivity contribution in [2.45, 2.75) is 169 Å². The molecule has 1 unspecified atom stereocenters. The van der Waals surface area contributed by atoms with Crippen LogP contribution in [0.25, 0.3) is 0 Å². The Balaban J connectivity index is 3.55. The van der Waals surface area contributed by atoms with Crippen molar-refractivity contribution in [3.63, 3.8) is 0 Å². The van der Waals surface area contributed by atoms with Crippen molar-refractivity contribution in [1.29, 1.82) is 0 Å². The quantitative estimate of drug-likeness (QED) is 0.152. The topological polar surface area (TPSA) is 3.24 Å². The van der Waals surface area contributed by atoms with E-state index >= 15 is 0 Å². The highest BCUT2D eigenvalue weighted by molar-refractivity contribution is 4.85. The molecule has 0 rings (SSSR count). The molecular formula is C28H59N. The zero-order chi connectivity index (χ0) is 21.6. The maximum Gasteiger partial charge on any atom is 0.0181 e. The molecule has 1 nitrogen and oxygen atoms in total. The number of rotatable bonds is 23. The molecule has 0 aromatic carbocycles. The summed E-state index contributed by atoms with van der Waals surface area (Å²) in [6, 6.07) is 0. The fourth-order valence-corrected chi connectivity index (χ4v) is 5.11. The Morgan fingerprint density at radius 3 is 1.21 bits per heavy atom. The number of hydrogen-bond acceptors (Lipinski definition) is 1. The van der Waals surface area contributed by atoms with Crippen LogP contribution in [-0.4, -0.2) is 23.5 Å². The van der Waals surface area contributed by atoms with Crippen molar-refractivity contribution in [2.24, 2.45) is 0 Å². The summed E-state index contributed by atoms with van der Waals surface area (Å²) in [5, 5.41) is 0. The fraction of sp³-hybridized carbons (Fsp3) is 1.00. The van der Waals surface area contributed by atoms with Gasteiger partial charge in [0.2, 0.25) is 0 Å². The molecule has 0 radical (unpaired) electrons. The van der Waals surface area contributed by atoms with Gasteiger partial charge in [-0.2, -0.15) is 0 Å². The standard InChI is InChI=1S/C28H59N/c1-6-10-11-12-13-14-15-16-17-18-19-20-21-22-23-24-26-28(5,25-7-2)29(9-4)27-8-3/h6-27H2,1-5H3. The van der Waals surface area contributed by atoms with Crippen molar-refractivity contribution in [2.75, 3.05) is 13.1 Å². The zero-order valence-electron chi connectivity index (χ0n) is 21.5. The molecule has 0 spiro atoms. The lowest BCUT2D eigenvalue weighted by Gasteiger charge is -2.41. The van der Waals surface area contributed by atoms with Crippen LogP contribution in [0.1, 0.15) is 163 Å². The van der Waals surface area contributed by atoms with Crippen molar-refractivity contribution >= 4 is 0 Å². The van der Waals surface area contributed by atoms with Gasteiger partial charge in [-0.1, -0.05) is 137 Å². The molecule has 0 aliphatic carbocycles. The smallest absolute Gasteiger partial charge is 0.0181 e. The van der Waals surface area contributed by atoms with E-state index in [9.17, 15) is 0 Å². The minimum absolute atomic E-state index is 0.440. The van der Waals surface area contributed by atoms with Gasteiger partial charge >= 0.3 is 0 Å². The van der Waals surface area contributed by atoms with E-state index < -0.39 is 0 Å². The highest BCUT2D eigenvalue weighted by atomic mass is 15.2. The first kappa shape index (κ1) is 29.0. The molecule has 29 heavy (non-hydrogen) atoms. The fourth-order valence-electron chi connectivity index (χ4n) is 5.11. The summed E-state index contributed by atoms with van der Waals surface area (Å²) in [5.41, 5.74) is 0.440. The number of hydrogen-bond donors (Lipinski definition) is 0. The monoisotopic (exact) mass is 409 g/mol. The van der Waals surface area contributed by atoms with Gasteiger partial charge in [0.15, 0.2) is 0 Å². The van der Waals surface area contributed by atoms with Crippen molar-refractivity contribution in [1.82, 2.24) is 4.90 Å². The molecule has 1 heteroatoms. The Kier molecular flexibility index (Phi) is 21.2. The van der Waals surface area contributed by atoms with Crippen LogP contribution < -0.4 is 0 Å². The Bertz CT molecular complexity index is 313. The van der Waals surface area contributed by atoms with Gasteiger partial charge in [0.1, 0.15) is 0 Å². The van der Waals surface area contributed by atoms with E-state index in [1.165, 1.54) is 142 Å². The number of unbranched alkanes of at least 4 members (excludes halogenated alkanes) is 15. The van der Waals surface area contributed by atoms with Gasteiger partial charge in [0.05, 0.1) is 0 Å². The molecule has 0 saturated carbocycles. The maximum atomic E-state index is 2.75. The third kappa shape index (κ3) is 16.3. The average molecular weight is 410 g/mol. The van der Waals surface area contributed by atoms with Gasteiger partial charge < -0.3 is 0 Å². The summed E-state index contributed by atoms with van der Waals surface area (Å²) in [5.74, 6) is 0. The van der Waals surface area contributed by atoms with Gasteiger partial charge in [-0.05, 0) is 39.3 Å². The van der Waals surface area contributed by atoms with Crippen LogP contribution in [0.5, 0.6) is 0 Å². The van der Waals surface area contributed by atoms with E-state index in [-0.39, 0.29) is 0 Å². The number of nitrogens with zero attached hydrogens (tertiary/aromatic N) is 1. The normalized spacial score (nSPS) is 13.9. The zero-order valence-corrected chi connectivity index (χ0v) is 21.5. The van der Waals surface area contributed by atoms with Crippen LogP contribution in [0.2, 0.25) is 0 Å². The molecule has 0 bridgehead atoms. The maximum absolute atomic E-state index is 2.75. The average Bonchev–Trinajstić information content (AvgIpc) is 2.71. The lowest BCUT2D eigenvalue weighted by molar-refractivity contribution is 0.0875. The molecule has 0 aromatic heterocycles. The van der Waals surface area contributed by atoms with Gasteiger partial charge in [0, 0.05) is 5.54 Å². The van der Waals surface area contributed by atoms with E-state index in [2.05, 4.69) is 39.5 Å². The van der Waals surface area contributed by atoms with Crippen LogP contribution >= 0.6 is 0 Å². The van der Waals surface area contributed by atoms with E-state index in [0.717, 1.165) is 0 Å². The molecule has 0 saturated heterocycles. The van der Waals surface area contributed by atoms with Crippen molar-refractivity contribution < 1.29 is 0 Å². The van der Waals surface area contributed by atoms with Crippen molar-refractivity contribution in [3.8, 4) is 0 Å². The lowest BCUT2D eigenvalue weighted by atomic mass is 9.87. The molecule has 0 amide bonds. The summed E-state index contributed by atoms with van der Waals surface area (Å²) in [6.07, 6.45) is 28.7. The van der Waals surface area contributed by atoms with Gasteiger partial charge in [-0.3, -0.25) is 4.90 Å². The summed E-state index contributed by atoms with van der Waals surface area (Å²) >= 11 is 0. The first-order valence-electron chi connectivity index (χ1n) is 13.9. The second kappa shape index (κ2) is 21.2.